The summed E-state index contributed by atoms with van der Waals surface area (Å²) in [5.74, 6) is -0.00255. The summed E-state index contributed by atoms with van der Waals surface area (Å²) in [5.41, 5.74) is 6.83. The number of rotatable bonds is 4. The molecule has 0 bridgehead atoms. The molecule has 0 spiro atoms. The number of nitrogens with two attached hydrogens (primary N) is 1. The van der Waals surface area contributed by atoms with Gasteiger partial charge in [0.25, 0.3) is 0 Å². The maximum atomic E-state index is 11.9. The molecule has 0 radical (unpaired) electrons. The fraction of sp³-hybridized carbons (Fsp3) is 0.500. The number of likely N-dealkylation sites (tertiary alicyclic amines) is 1. The molecule has 4 nitrogen and oxygen atoms in total. The number of hydrogen-bond acceptors (Lipinski definition) is 3. The molecule has 1 aromatic carbocycles. The van der Waals surface area contributed by atoms with Gasteiger partial charge in [-0.25, -0.2) is 0 Å². The second-order valence-corrected chi connectivity index (χ2v) is 5.35. The fourth-order valence-electron chi connectivity index (χ4n) is 2.29. The van der Waals surface area contributed by atoms with Gasteiger partial charge >= 0.3 is 0 Å². The number of anilines is 2. The van der Waals surface area contributed by atoms with E-state index in [-0.39, 0.29) is 5.91 Å². The van der Waals surface area contributed by atoms with Gasteiger partial charge in [-0.05, 0) is 44.1 Å². The van der Waals surface area contributed by atoms with Crippen molar-refractivity contribution in [2.75, 3.05) is 30.7 Å². The molecule has 19 heavy (non-hydrogen) atoms. The number of nitrogens with zero attached hydrogens (tertiary/aromatic N) is 1. The van der Waals surface area contributed by atoms with Crippen molar-refractivity contribution in [1.29, 1.82) is 0 Å². The SMILES string of the molecule is Nc1ccc(NC(=O)CCN2CCCCC2)c(Cl)c1. The van der Waals surface area contributed by atoms with E-state index in [0.717, 1.165) is 19.6 Å². The Hall–Kier alpha value is -1.26. The van der Waals surface area contributed by atoms with Gasteiger partial charge in [-0.2, -0.15) is 0 Å². The summed E-state index contributed by atoms with van der Waals surface area (Å²) in [6.45, 7) is 3.03. The molecule has 0 unspecified atom stereocenters. The average Bonchev–Trinajstić information content (AvgIpc) is 2.41. The lowest BCUT2D eigenvalue weighted by atomic mass is 10.1. The topological polar surface area (TPSA) is 58.4 Å². The molecule has 104 valence electrons. The largest absolute Gasteiger partial charge is 0.399 e. The lowest BCUT2D eigenvalue weighted by Crippen LogP contribution is -2.32. The van der Waals surface area contributed by atoms with E-state index in [9.17, 15) is 4.79 Å². The lowest BCUT2D eigenvalue weighted by Gasteiger charge is -2.25. The summed E-state index contributed by atoms with van der Waals surface area (Å²) in [6.07, 6.45) is 4.29. The number of amides is 1. The van der Waals surface area contributed by atoms with E-state index >= 15 is 0 Å². The molecule has 1 aliphatic rings. The van der Waals surface area contributed by atoms with Gasteiger partial charge in [-0.1, -0.05) is 18.0 Å². The molecule has 3 N–H and O–H groups in total. The Morgan fingerprint density at radius 2 is 2.05 bits per heavy atom. The van der Waals surface area contributed by atoms with Gasteiger partial charge in [0.1, 0.15) is 0 Å². The molecule has 1 heterocycles. The predicted octanol–water partition coefficient (Wildman–Crippen LogP) is 2.74. The van der Waals surface area contributed by atoms with E-state index in [0.29, 0.717) is 22.8 Å². The van der Waals surface area contributed by atoms with Crippen LogP contribution in [-0.4, -0.2) is 30.4 Å². The summed E-state index contributed by atoms with van der Waals surface area (Å²) in [7, 11) is 0. The number of carbonyl (C=O) groups is 1. The van der Waals surface area contributed by atoms with Crippen LogP contribution in [0.4, 0.5) is 11.4 Å². The van der Waals surface area contributed by atoms with E-state index < -0.39 is 0 Å². The minimum Gasteiger partial charge on any atom is -0.399 e. The maximum absolute atomic E-state index is 11.9. The van der Waals surface area contributed by atoms with Gasteiger partial charge in [0, 0.05) is 18.7 Å². The van der Waals surface area contributed by atoms with E-state index in [1.807, 2.05) is 0 Å². The molecule has 0 atom stereocenters. The van der Waals surface area contributed by atoms with Crippen LogP contribution in [0.1, 0.15) is 25.7 Å². The first-order valence-electron chi connectivity index (χ1n) is 6.72. The van der Waals surface area contributed by atoms with Gasteiger partial charge < -0.3 is 16.0 Å². The van der Waals surface area contributed by atoms with Gasteiger partial charge in [0.2, 0.25) is 5.91 Å². The summed E-state index contributed by atoms with van der Waals surface area (Å²) in [4.78, 5) is 14.2. The van der Waals surface area contributed by atoms with Gasteiger partial charge in [0.15, 0.2) is 0 Å². The Bertz CT molecular complexity index is 444. The van der Waals surface area contributed by atoms with Crippen LogP contribution in [0.2, 0.25) is 5.02 Å². The van der Waals surface area contributed by atoms with Crippen LogP contribution in [0.5, 0.6) is 0 Å². The van der Waals surface area contributed by atoms with Crippen molar-refractivity contribution in [2.45, 2.75) is 25.7 Å². The minimum atomic E-state index is -0.00255. The number of hydrogen-bond donors (Lipinski definition) is 2. The van der Waals surface area contributed by atoms with Crippen molar-refractivity contribution < 1.29 is 4.79 Å². The van der Waals surface area contributed by atoms with Crippen LogP contribution in [0.25, 0.3) is 0 Å². The first-order valence-corrected chi connectivity index (χ1v) is 7.10. The van der Waals surface area contributed by atoms with Gasteiger partial charge in [-0.3, -0.25) is 4.79 Å². The zero-order valence-electron chi connectivity index (χ0n) is 11.0. The summed E-state index contributed by atoms with van der Waals surface area (Å²) < 4.78 is 0. The third-order valence-electron chi connectivity index (χ3n) is 3.37. The molecular formula is C14H20ClN3O. The number of carbonyl (C=O) groups excluding carboxylic acids is 1. The quantitative estimate of drug-likeness (QED) is 0.835. The highest BCUT2D eigenvalue weighted by Crippen LogP contribution is 2.24. The Labute approximate surface area is 118 Å². The van der Waals surface area contributed by atoms with Gasteiger partial charge in [-0.15, -0.1) is 0 Å². The normalized spacial score (nSPS) is 16.3. The van der Waals surface area contributed by atoms with Crippen LogP contribution in [0.15, 0.2) is 18.2 Å². The van der Waals surface area contributed by atoms with Crippen molar-refractivity contribution >= 4 is 28.9 Å². The highest BCUT2D eigenvalue weighted by molar-refractivity contribution is 6.34. The first kappa shape index (κ1) is 14.2. The average molecular weight is 282 g/mol. The monoisotopic (exact) mass is 281 g/mol. The Morgan fingerprint density at radius 3 is 2.74 bits per heavy atom. The lowest BCUT2D eigenvalue weighted by molar-refractivity contribution is -0.116. The Kier molecular flexibility index (Phi) is 5.05. The molecule has 1 saturated heterocycles. The summed E-state index contributed by atoms with van der Waals surface area (Å²) >= 11 is 6.02. The molecule has 0 aromatic heterocycles. The zero-order chi connectivity index (χ0) is 13.7. The first-order chi connectivity index (χ1) is 9.15. The van der Waals surface area contributed by atoms with Crippen LogP contribution in [0.3, 0.4) is 0 Å². The molecule has 5 heteroatoms. The number of benzene rings is 1. The van der Waals surface area contributed by atoms with E-state index in [4.69, 9.17) is 17.3 Å². The summed E-state index contributed by atoms with van der Waals surface area (Å²) in [6, 6.07) is 5.10. The molecule has 0 aliphatic carbocycles. The van der Waals surface area contributed by atoms with E-state index in [2.05, 4.69) is 10.2 Å². The van der Waals surface area contributed by atoms with Crippen molar-refractivity contribution in [2.24, 2.45) is 0 Å². The Balaban J connectivity index is 1.80. The van der Waals surface area contributed by atoms with Crippen LogP contribution < -0.4 is 11.1 Å². The number of piperidine rings is 1. The number of nitrogens with one attached hydrogen (secondary N) is 1. The van der Waals surface area contributed by atoms with Crippen molar-refractivity contribution in [3.05, 3.63) is 23.2 Å². The summed E-state index contributed by atoms with van der Waals surface area (Å²) in [5, 5.41) is 3.30. The third-order valence-corrected chi connectivity index (χ3v) is 3.68. The third kappa shape index (κ3) is 4.40. The van der Waals surface area contributed by atoms with Crippen molar-refractivity contribution in [3.8, 4) is 0 Å². The molecule has 1 amide bonds. The molecule has 1 aliphatic heterocycles. The number of halogens is 1. The Morgan fingerprint density at radius 1 is 1.32 bits per heavy atom. The minimum absolute atomic E-state index is 0.00255. The molecule has 1 fully saturated rings. The van der Waals surface area contributed by atoms with Gasteiger partial charge in [0.05, 0.1) is 10.7 Å². The maximum Gasteiger partial charge on any atom is 0.225 e. The van der Waals surface area contributed by atoms with Crippen molar-refractivity contribution in [1.82, 2.24) is 4.90 Å². The van der Waals surface area contributed by atoms with E-state index in [1.165, 1.54) is 19.3 Å². The zero-order valence-corrected chi connectivity index (χ0v) is 11.7. The van der Waals surface area contributed by atoms with Crippen LogP contribution in [0, 0.1) is 0 Å². The van der Waals surface area contributed by atoms with Crippen LogP contribution in [-0.2, 0) is 4.79 Å². The smallest absolute Gasteiger partial charge is 0.225 e. The fourth-order valence-corrected chi connectivity index (χ4v) is 2.52. The highest BCUT2D eigenvalue weighted by atomic mass is 35.5. The van der Waals surface area contributed by atoms with Crippen molar-refractivity contribution in [3.63, 3.8) is 0 Å². The van der Waals surface area contributed by atoms with Crippen LogP contribution >= 0.6 is 11.6 Å². The highest BCUT2D eigenvalue weighted by Gasteiger charge is 2.12. The molecule has 1 aromatic rings. The molecular weight excluding hydrogens is 262 g/mol. The molecule has 0 saturated carbocycles. The van der Waals surface area contributed by atoms with E-state index in [1.54, 1.807) is 18.2 Å². The predicted molar refractivity (Wildman–Crippen MR) is 79.4 cm³/mol. The second-order valence-electron chi connectivity index (χ2n) is 4.94. The standard InChI is InChI=1S/C14H20ClN3O/c15-12-10-11(16)4-5-13(12)17-14(19)6-9-18-7-2-1-3-8-18/h4-5,10H,1-3,6-9,16H2,(H,17,19). The molecule has 2 rings (SSSR count). The number of nitrogen functional groups attached to an aromatic ring is 1. The second kappa shape index (κ2) is 6.78.